The van der Waals surface area contributed by atoms with Gasteiger partial charge in [-0.05, 0) is 49.6 Å². The van der Waals surface area contributed by atoms with Crippen molar-refractivity contribution >= 4 is 33.6 Å². The molecule has 0 spiro atoms. The Balaban J connectivity index is 1.57. The number of imide groups is 1. The number of rotatable bonds is 5. The van der Waals surface area contributed by atoms with Gasteiger partial charge in [-0.1, -0.05) is 36.8 Å². The fourth-order valence-corrected chi connectivity index (χ4v) is 5.74. The van der Waals surface area contributed by atoms with Crippen molar-refractivity contribution in [2.45, 2.75) is 42.7 Å². The summed E-state index contributed by atoms with van der Waals surface area (Å²) in [5.41, 5.74) is -0.355. The van der Waals surface area contributed by atoms with E-state index in [1.165, 1.54) is 16.4 Å². The van der Waals surface area contributed by atoms with Crippen LogP contribution in [-0.2, 0) is 25.2 Å². The average Bonchev–Trinajstić information content (AvgIpc) is 3.06. The molecule has 2 aromatic rings. The van der Waals surface area contributed by atoms with E-state index < -0.39 is 39.4 Å². The lowest BCUT2D eigenvalue weighted by atomic mass is 9.92. The molecule has 2 atom stereocenters. The summed E-state index contributed by atoms with van der Waals surface area (Å²) in [7, 11) is -3.82. The molecule has 2 fully saturated rings. The summed E-state index contributed by atoms with van der Waals surface area (Å²) in [5.74, 6) is -0.926. The van der Waals surface area contributed by atoms with Crippen molar-refractivity contribution in [2.24, 2.45) is 0 Å². The van der Waals surface area contributed by atoms with Gasteiger partial charge in [0.05, 0.1) is 4.90 Å². The normalized spacial score (nSPS) is 24.0. The summed E-state index contributed by atoms with van der Waals surface area (Å²) in [6.45, 7) is 1.84. The van der Waals surface area contributed by atoms with E-state index in [-0.39, 0.29) is 11.4 Å². The molecule has 0 radical (unpaired) electrons. The van der Waals surface area contributed by atoms with Gasteiger partial charge < -0.3 is 10.6 Å². The van der Waals surface area contributed by atoms with Crippen molar-refractivity contribution in [1.82, 2.24) is 14.9 Å². The highest BCUT2D eigenvalue weighted by molar-refractivity contribution is 7.89. The monoisotopic (exact) mass is 456 g/mol. The Morgan fingerprint density at radius 1 is 1.09 bits per heavy atom. The molecule has 3 N–H and O–H groups in total. The van der Waals surface area contributed by atoms with Crippen LogP contribution in [0.3, 0.4) is 0 Å². The standard InChI is InChI=1S/C22H24N4O5S/c1-22(20(28)24-21(29)25-22)15-8-7-9-16(14-15)23-19(27)18-12-5-6-13-26(18)32(30,31)17-10-3-2-4-11-17/h2-4,7-11,14,18H,5-6,12-13H2,1H3,(H,23,27)(H2,24,25,28,29). The Morgan fingerprint density at radius 3 is 2.53 bits per heavy atom. The van der Waals surface area contributed by atoms with Gasteiger partial charge in [-0.2, -0.15) is 4.31 Å². The molecule has 10 heteroatoms. The fraction of sp³-hybridized carbons (Fsp3) is 0.318. The van der Waals surface area contributed by atoms with Gasteiger partial charge >= 0.3 is 6.03 Å². The van der Waals surface area contributed by atoms with Crippen LogP contribution < -0.4 is 16.0 Å². The zero-order valence-corrected chi connectivity index (χ0v) is 18.3. The van der Waals surface area contributed by atoms with Crippen LogP contribution in [0.5, 0.6) is 0 Å². The van der Waals surface area contributed by atoms with Crippen molar-refractivity contribution in [3.63, 3.8) is 0 Å². The number of amides is 4. The molecule has 2 saturated heterocycles. The first-order chi connectivity index (χ1) is 15.2. The summed E-state index contributed by atoms with van der Waals surface area (Å²) in [4.78, 5) is 37.1. The van der Waals surface area contributed by atoms with Crippen LogP contribution in [0, 0.1) is 0 Å². The summed E-state index contributed by atoms with van der Waals surface area (Å²) in [6, 6.07) is 13.2. The number of benzene rings is 2. The van der Waals surface area contributed by atoms with Crippen LogP contribution in [0.15, 0.2) is 59.5 Å². The summed E-state index contributed by atoms with van der Waals surface area (Å²) < 4.78 is 27.6. The number of urea groups is 1. The Kier molecular flexibility index (Phi) is 5.74. The number of hydrogen-bond donors (Lipinski definition) is 3. The number of anilines is 1. The van der Waals surface area contributed by atoms with E-state index in [9.17, 15) is 22.8 Å². The lowest BCUT2D eigenvalue weighted by molar-refractivity contribution is -0.123. The molecule has 0 saturated carbocycles. The number of piperidine rings is 1. The van der Waals surface area contributed by atoms with Gasteiger partial charge in [-0.15, -0.1) is 0 Å². The third-order valence-corrected chi connectivity index (χ3v) is 7.78. The molecule has 2 heterocycles. The van der Waals surface area contributed by atoms with Crippen molar-refractivity contribution < 1.29 is 22.8 Å². The quantitative estimate of drug-likeness (QED) is 0.593. The molecule has 2 aromatic carbocycles. The maximum atomic E-state index is 13.2. The molecule has 168 valence electrons. The van der Waals surface area contributed by atoms with Gasteiger partial charge in [0.15, 0.2) is 0 Å². The molecule has 4 amide bonds. The average molecular weight is 457 g/mol. The first kappa shape index (κ1) is 22.0. The molecule has 32 heavy (non-hydrogen) atoms. The second-order valence-corrected chi connectivity index (χ2v) is 9.93. The third-order valence-electron chi connectivity index (χ3n) is 5.86. The predicted molar refractivity (Wildman–Crippen MR) is 117 cm³/mol. The van der Waals surface area contributed by atoms with Gasteiger partial charge in [0.1, 0.15) is 11.6 Å². The van der Waals surface area contributed by atoms with Crippen LogP contribution >= 0.6 is 0 Å². The van der Waals surface area contributed by atoms with Crippen molar-refractivity contribution in [3.8, 4) is 0 Å². The molecule has 0 aliphatic carbocycles. The summed E-state index contributed by atoms with van der Waals surface area (Å²) in [5, 5.41) is 7.57. The van der Waals surface area contributed by atoms with Gasteiger partial charge in [0.25, 0.3) is 5.91 Å². The Hall–Kier alpha value is -3.24. The van der Waals surface area contributed by atoms with Crippen LogP contribution in [0.4, 0.5) is 10.5 Å². The largest absolute Gasteiger partial charge is 0.325 e. The minimum absolute atomic E-state index is 0.151. The minimum Gasteiger partial charge on any atom is -0.325 e. The van der Waals surface area contributed by atoms with E-state index >= 15 is 0 Å². The van der Waals surface area contributed by atoms with Gasteiger partial charge in [-0.3, -0.25) is 14.9 Å². The van der Waals surface area contributed by atoms with Crippen molar-refractivity contribution in [3.05, 3.63) is 60.2 Å². The zero-order valence-electron chi connectivity index (χ0n) is 17.5. The fourth-order valence-electron chi connectivity index (χ4n) is 4.06. The molecule has 2 aliphatic heterocycles. The van der Waals surface area contributed by atoms with Gasteiger partial charge in [0.2, 0.25) is 15.9 Å². The van der Waals surface area contributed by atoms with E-state index in [0.717, 1.165) is 6.42 Å². The first-order valence-electron chi connectivity index (χ1n) is 10.3. The van der Waals surface area contributed by atoms with E-state index in [1.54, 1.807) is 49.4 Å². The Labute approximate surface area is 186 Å². The highest BCUT2D eigenvalue weighted by Crippen LogP contribution is 2.29. The molecule has 0 bridgehead atoms. The highest BCUT2D eigenvalue weighted by Gasteiger charge is 2.43. The van der Waals surface area contributed by atoms with Crippen LogP contribution in [0.2, 0.25) is 0 Å². The number of nitrogens with one attached hydrogen (secondary N) is 3. The summed E-state index contributed by atoms with van der Waals surface area (Å²) >= 11 is 0. The SMILES string of the molecule is CC1(c2cccc(NC(=O)C3CCCCN3S(=O)(=O)c3ccccc3)c2)NC(=O)NC1=O. The van der Waals surface area contributed by atoms with E-state index in [1.807, 2.05) is 0 Å². The van der Waals surface area contributed by atoms with Gasteiger partial charge in [0, 0.05) is 12.2 Å². The molecular formula is C22H24N4O5S. The number of carbonyl (C=O) groups excluding carboxylic acids is 3. The van der Waals surface area contributed by atoms with Crippen molar-refractivity contribution in [1.29, 1.82) is 0 Å². The molecule has 9 nitrogen and oxygen atoms in total. The summed E-state index contributed by atoms with van der Waals surface area (Å²) in [6.07, 6.45) is 1.83. The molecule has 4 rings (SSSR count). The zero-order chi connectivity index (χ0) is 22.9. The second-order valence-electron chi connectivity index (χ2n) is 8.04. The molecule has 2 unspecified atom stereocenters. The smallest absolute Gasteiger partial charge is 0.322 e. The maximum Gasteiger partial charge on any atom is 0.322 e. The van der Waals surface area contributed by atoms with E-state index in [4.69, 9.17) is 0 Å². The minimum atomic E-state index is -3.82. The number of carbonyl (C=O) groups is 3. The lowest BCUT2D eigenvalue weighted by Crippen LogP contribution is -2.49. The Bertz CT molecular complexity index is 1170. The van der Waals surface area contributed by atoms with E-state index in [0.29, 0.717) is 24.1 Å². The lowest BCUT2D eigenvalue weighted by Gasteiger charge is -2.33. The maximum absolute atomic E-state index is 13.2. The van der Waals surface area contributed by atoms with Gasteiger partial charge in [-0.25, -0.2) is 13.2 Å². The molecular weight excluding hydrogens is 432 g/mol. The van der Waals surface area contributed by atoms with E-state index in [2.05, 4.69) is 16.0 Å². The first-order valence-corrected chi connectivity index (χ1v) is 11.8. The van der Waals surface area contributed by atoms with Crippen molar-refractivity contribution in [2.75, 3.05) is 11.9 Å². The van der Waals surface area contributed by atoms with Crippen LogP contribution in [0.25, 0.3) is 0 Å². The number of hydrogen-bond acceptors (Lipinski definition) is 5. The second kappa shape index (κ2) is 8.36. The number of nitrogens with zero attached hydrogens (tertiary/aromatic N) is 1. The predicted octanol–water partition coefficient (Wildman–Crippen LogP) is 1.92. The Morgan fingerprint density at radius 2 is 1.84 bits per heavy atom. The topological polar surface area (TPSA) is 125 Å². The third kappa shape index (κ3) is 3.98. The van der Waals surface area contributed by atoms with Crippen LogP contribution in [-0.4, -0.2) is 43.2 Å². The molecule has 0 aromatic heterocycles. The molecule has 2 aliphatic rings. The highest BCUT2D eigenvalue weighted by atomic mass is 32.2. The van der Waals surface area contributed by atoms with Crippen LogP contribution in [0.1, 0.15) is 31.7 Å². The number of sulfonamides is 1.